The Hall–Kier alpha value is -3.38. The first-order valence-electron chi connectivity index (χ1n) is 8.37. The number of hydrogen-bond donors (Lipinski definition) is 1. The molecule has 5 aromatic rings. The van der Waals surface area contributed by atoms with Crippen molar-refractivity contribution in [1.29, 1.82) is 0 Å². The van der Waals surface area contributed by atoms with Gasteiger partial charge in [0, 0.05) is 11.1 Å². The second kappa shape index (κ2) is 6.41. The minimum Gasteiger partial charge on any atom is -0.340 e. The number of nitrogens with one attached hydrogen (secondary N) is 1. The van der Waals surface area contributed by atoms with Gasteiger partial charge in [0.05, 0.1) is 21.2 Å². The fourth-order valence-corrected chi connectivity index (χ4v) is 3.74. The van der Waals surface area contributed by atoms with Gasteiger partial charge in [-0.1, -0.05) is 18.2 Å². The lowest BCUT2D eigenvalue weighted by Crippen LogP contribution is -1.96. The van der Waals surface area contributed by atoms with E-state index in [0.29, 0.717) is 0 Å². The number of anilines is 2. The van der Waals surface area contributed by atoms with Crippen LogP contribution in [0.4, 0.5) is 15.9 Å². The number of aromatic nitrogens is 3. The predicted molar refractivity (Wildman–Crippen MR) is 108 cm³/mol. The van der Waals surface area contributed by atoms with Crippen LogP contribution in [0.3, 0.4) is 0 Å². The van der Waals surface area contributed by atoms with Gasteiger partial charge in [-0.3, -0.25) is 0 Å². The summed E-state index contributed by atoms with van der Waals surface area (Å²) >= 11 is 1.61. The summed E-state index contributed by atoms with van der Waals surface area (Å²) in [5.41, 5.74) is 6.24. The molecule has 0 saturated carbocycles. The van der Waals surface area contributed by atoms with Gasteiger partial charge in [0.15, 0.2) is 0 Å². The second-order valence-electron chi connectivity index (χ2n) is 6.12. The van der Waals surface area contributed by atoms with Gasteiger partial charge in [-0.15, -0.1) is 11.3 Å². The molecule has 0 spiro atoms. The smallest absolute Gasteiger partial charge is 0.141 e. The van der Waals surface area contributed by atoms with Gasteiger partial charge in [-0.2, -0.15) is 0 Å². The Balaban J connectivity index is 1.55. The quantitative estimate of drug-likeness (QED) is 0.435. The summed E-state index contributed by atoms with van der Waals surface area (Å²) in [5, 5.41) is 4.25. The molecule has 27 heavy (non-hydrogen) atoms. The summed E-state index contributed by atoms with van der Waals surface area (Å²) in [6, 6.07) is 18.5. The van der Waals surface area contributed by atoms with Crippen molar-refractivity contribution in [2.45, 2.75) is 0 Å². The van der Waals surface area contributed by atoms with E-state index in [0.717, 1.165) is 43.8 Å². The Labute approximate surface area is 158 Å². The highest BCUT2D eigenvalue weighted by Gasteiger charge is 2.08. The molecule has 0 amide bonds. The number of fused-ring (bicyclic) bond motifs is 2. The van der Waals surface area contributed by atoms with Gasteiger partial charge >= 0.3 is 0 Å². The average Bonchev–Trinajstić information content (AvgIpc) is 3.16. The van der Waals surface area contributed by atoms with Crippen LogP contribution >= 0.6 is 11.3 Å². The van der Waals surface area contributed by atoms with Crippen molar-refractivity contribution < 1.29 is 4.39 Å². The maximum absolute atomic E-state index is 13.5. The zero-order chi connectivity index (χ0) is 18.2. The maximum Gasteiger partial charge on any atom is 0.141 e. The van der Waals surface area contributed by atoms with Crippen molar-refractivity contribution >= 4 is 44.0 Å². The predicted octanol–water partition coefficient (Wildman–Crippen LogP) is 5.79. The summed E-state index contributed by atoms with van der Waals surface area (Å²) in [6.07, 6.45) is 1.53. The van der Waals surface area contributed by atoms with Crippen molar-refractivity contribution in [3.8, 4) is 11.1 Å². The maximum atomic E-state index is 13.5. The fraction of sp³-hybridized carbons (Fsp3) is 0. The first kappa shape index (κ1) is 15.8. The lowest BCUT2D eigenvalue weighted by Gasteiger charge is -2.10. The van der Waals surface area contributed by atoms with Crippen LogP contribution in [0.5, 0.6) is 0 Å². The second-order valence-corrected chi connectivity index (χ2v) is 7.01. The summed E-state index contributed by atoms with van der Waals surface area (Å²) in [4.78, 5) is 13.1. The molecule has 130 valence electrons. The van der Waals surface area contributed by atoms with Crippen LogP contribution in [0.2, 0.25) is 0 Å². The minimum absolute atomic E-state index is 0.255. The largest absolute Gasteiger partial charge is 0.340 e. The molecule has 2 aromatic heterocycles. The highest BCUT2D eigenvalue weighted by atomic mass is 32.1. The summed E-state index contributed by atoms with van der Waals surface area (Å²) < 4.78 is 14.7. The lowest BCUT2D eigenvalue weighted by molar-refractivity contribution is 0.628. The number of nitrogens with zero attached hydrogens (tertiary/aromatic N) is 3. The Morgan fingerprint density at radius 1 is 0.815 bits per heavy atom. The molecule has 6 heteroatoms. The number of rotatable bonds is 3. The van der Waals surface area contributed by atoms with Crippen LogP contribution in [0.1, 0.15) is 0 Å². The van der Waals surface area contributed by atoms with Gasteiger partial charge in [0.2, 0.25) is 0 Å². The first-order chi connectivity index (χ1) is 13.3. The first-order valence-corrected chi connectivity index (χ1v) is 9.25. The summed E-state index contributed by atoms with van der Waals surface area (Å²) in [6.45, 7) is 0. The molecule has 3 aromatic carbocycles. The van der Waals surface area contributed by atoms with E-state index in [1.807, 2.05) is 48.0 Å². The van der Waals surface area contributed by atoms with Crippen LogP contribution in [0, 0.1) is 5.82 Å². The number of thiazole rings is 1. The van der Waals surface area contributed by atoms with E-state index in [2.05, 4.69) is 20.3 Å². The highest BCUT2D eigenvalue weighted by Crippen LogP contribution is 2.29. The zero-order valence-electron chi connectivity index (χ0n) is 14.1. The molecule has 0 radical (unpaired) electrons. The molecule has 0 bridgehead atoms. The van der Waals surface area contributed by atoms with Crippen LogP contribution in [-0.2, 0) is 0 Å². The van der Waals surface area contributed by atoms with Crippen LogP contribution in [-0.4, -0.2) is 15.0 Å². The third-order valence-electron chi connectivity index (χ3n) is 4.39. The molecule has 4 nitrogen and oxygen atoms in total. The van der Waals surface area contributed by atoms with Crippen LogP contribution in [0.25, 0.3) is 32.2 Å². The molecule has 0 aliphatic rings. The third-order valence-corrected chi connectivity index (χ3v) is 5.20. The van der Waals surface area contributed by atoms with Gasteiger partial charge in [0.1, 0.15) is 18.0 Å². The Morgan fingerprint density at radius 2 is 1.74 bits per heavy atom. The van der Waals surface area contributed by atoms with Gasteiger partial charge in [-0.05, 0) is 53.6 Å². The topological polar surface area (TPSA) is 50.7 Å². The zero-order valence-corrected chi connectivity index (χ0v) is 14.9. The monoisotopic (exact) mass is 372 g/mol. The van der Waals surface area contributed by atoms with Gasteiger partial charge in [-0.25, -0.2) is 19.3 Å². The SMILES string of the molecule is Fc1cccc(-c2ccc3c(Nc4ccc5scnc5c4)ncnc3c2)c1. The van der Waals surface area contributed by atoms with Gasteiger partial charge in [0.25, 0.3) is 0 Å². The molecule has 0 saturated heterocycles. The fourth-order valence-electron chi connectivity index (χ4n) is 3.08. The van der Waals surface area contributed by atoms with E-state index in [1.54, 1.807) is 17.4 Å². The molecule has 5 rings (SSSR count). The van der Waals surface area contributed by atoms with Crippen LogP contribution in [0.15, 0.2) is 72.5 Å². The highest BCUT2D eigenvalue weighted by molar-refractivity contribution is 7.16. The van der Waals surface area contributed by atoms with Crippen molar-refractivity contribution in [1.82, 2.24) is 15.0 Å². The molecule has 0 fully saturated rings. The van der Waals surface area contributed by atoms with Crippen molar-refractivity contribution in [3.63, 3.8) is 0 Å². The molecule has 0 aliphatic carbocycles. The van der Waals surface area contributed by atoms with E-state index in [9.17, 15) is 4.39 Å². The number of halogens is 1. The minimum atomic E-state index is -0.255. The standard InChI is InChI=1S/C21H13FN4S/c22-15-3-1-2-13(8-15)14-4-6-17-18(9-14)23-11-24-21(17)26-16-5-7-20-19(10-16)25-12-27-20/h1-12H,(H,23,24,26). The normalized spacial score (nSPS) is 11.1. The number of hydrogen-bond acceptors (Lipinski definition) is 5. The van der Waals surface area contributed by atoms with Crippen LogP contribution < -0.4 is 5.32 Å². The molecule has 0 atom stereocenters. The van der Waals surface area contributed by atoms with E-state index in [-0.39, 0.29) is 5.82 Å². The summed E-state index contributed by atoms with van der Waals surface area (Å²) in [5.74, 6) is 0.468. The van der Waals surface area contributed by atoms with E-state index < -0.39 is 0 Å². The molecular weight excluding hydrogens is 359 g/mol. The molecular formula is C21H13FN4S. The Bertz CT molecular complexity index is 1280. The van der Waals surface area contributed by atoms with E-state index in [4.69, 9.17) is 0 Å². The van der Waals surface area contributed by atoms with E-state index in [1.165, 1.54) is 18.5 Å². The molecule has 0 aliphatic heterocycles. The molecule has 2 heterocycles. The Morgan fingerprint density at radius 3 is 2.67 bits per heavy atom. The van der Waals surface area contributed by atoms with Crippen molar-refractivity contribution in [2.24, 2.45) is 0 Å². The van der Waals surface area contributed by atoms with Crippen molar-refractivity contribution in [2.75, 3.05) is 5.32 Å². The lowest BCUT2D eigenvalue weighted by atomic mass is 10.0. The van der Waals surface area contributed by atoms with Gasteiger partial charge < -0.3 is 5.32 Å². The number of benzene rings is 3. The summed E-state index contributed by atoms with van der Waals surface area (Å²) in [7, 11) is 0. The molecule has 1 N–H and O–H groups in total. The van der Waals surface area contributed by atoms with Crippen molar-refractivity contribution in [3.05, 3.63) is 78.3 Å². The Kier molecular flexibility index (Phi) is 3.76. The average molecular weight is 372 g/mol. The molecule has 0 unspecified atom stereocenters. The van der Waals surface area contributed by atoms with E-state index >= 15 is 0 Å². The third kappa shape index (κ3) is 3.00.